The third-order valence-corrected chi connectivity index (χ3v) is 5.05. The number of benzene rings is 1. The van der Waals surface area contributed by atoms with Crippen LogP contribution in [-0.4, -0.2) is 6.04 Å². The van der Waals surface area contributed by atoms with E-state index in [0.717, 1.165) is 5.92 Å². The van der Waals surface area contributed by atoms with E-state index in [-0.39, 0.29) is 0 Å². The molecular formula is C17H25NS. The number of rotatable bonds is 4. The first-order valence-corrected chi connectivity index (χ1v) is 8.20. The largest absolute Gasteiger partial charge is 0.256 e. The van der Waals surface area contributed by atoms with Gasteiger partial charge in [-0.2, -0.15) is 0 Å². The van der Waals surface area contributed by atoms with Crippen molar-refractivity contribution in [3.63, 3.8) is 0 Å². The third kappa shape index (κ3) is 4.12. The van der Waals surface area contributed by atoms with Gasteiger partial charge in [0.1, 0.15) is 0 Å². The van der Waals surface area contributed by atoms with Crippen LogP contribution in [0.15, 0.2) is 42.0 Å². The first-order chi connectivity index (χ1) is 9.20. The van der Waals surface area contributed by atoms with Crippen molar-refractivity contribution in [1.29, 1.82) is 0 Å². The zero-order valence-corrected chi connectivity index (χ0v) is 13.0. The maximum Gasteiger partial charge on any atom is 0.0414 e. The van der Waals surface area contributed by atoms with Crippen molar-refractivity contribution in [2.75, 3.05) is 0 Å². The minimum absolute atomic E-state index is 0.499. The van der Waals surface area contributed by atoms with E-state index in [4.69, 9.17) is 0 Å². The Morgan fingerprint density at radius 2 is 2.00 bits per heavy atom. The predicted octanol–water partition coefficient (Wildman–Crippen LogP) is 5.12. The molecule has 1 saturated carbocycles. The molecule has 2 heteroatoms. The molecule has 104 valence electrons. The van der Waals surface area contributed by atoms with Gasteiger partial charge in [-0.1, -0.05) is 60.9 Å². The van der Waals surface area contributed by atoms with E-state index in [1.807, 2.05) is 11.9 Å². The molecule has 0 heterocycles. The molecule has 0 aliphatic heterocycles. The Hall–Kier alpha value is -0.730. The fraction of sp³-hybridized carbons (Fsp3) is 0.529. The molecule has 0 aromatic heterocycles. The monoisotopic (exact) mass is 275 g/mol. The minimum Gasteiger partial charge on any atom is -0.256 e. The van der Waals surface area contributed by atoms with E-state index in [1.54, 1.807) is 5.57 Å². The second-order valence-corrected chi connectivity index (χ2v) is 6.77. The van der Waals surface area contributed by atoms with Gasteiger partial charge in [0.2, 0.25) is 0 Å². The highest BCUT2D eigenvalue weighted by atomic mass is 32.2. The summed E-state index contributed by atoms with van der Waals surface area (Å²) in [5.41, 5.74) is 2.98. The SMILES string of the molecule is C/C=C1\CC(C)CCC1NSC(C)c1ccccc1. The van der Waals surface area contributed by atoms with Crippen LogP contribution in [0.4, 0.5) is 0 Å². The van der Waals surface area contributed by atoms with E-state index in [1.165, 1.54) is 24.8 Å². The van der Waals surface area contributed by atoms with Crippen LogP contribution in [0, 0.1) is 5.92 Å². The van der Waals surface area contributed by atoms with Gasteiger partial charge in [-0.3, -0.25) is 4.72 Å². The Bertz CT molecular complexity index is 413. The molecule has 3 unspecified atom stereocenters. The van der Waals surface area contributed by atoms with Crippen LogP contribution in [0.5, 0.6) is 0 Å². The summed E-state index contributed by atoms with van der Waals surface area (Å²) in [6, 6.07) is 11.3. The summed E-state index contributed by atoms with van der Waals surface area (Å²) in [6.07, 6.45) is 6.18. The van der Waals surface area contributed by atoms with Crippen LogP contribution in [0.25, 0.3) is 0 Å². The molecule has 1 aromatic rings. The van der Waals surface area contributed by atoms with Crippen molar-refractivity contribution in [3.8, 4) is 0 Å². The predicted molar refractivity (Wildman–Crippen MR) is 86.1 cm³/mol. The molecule has 1 N–H and O–H groups in total. The highest BCUT2D eigenvalue weighted by Crippen LogP contribution is 2.32. The highest BCUT2D eigenvalue weighted by Gasteiger charge is 2.22. The van der Waals surface area contributed by atoms with Crippen molar-refractivity contribution in [1.82, 2.24) is 4.72 Å². The first-order valence-electron chi connectivity index (χ1n) is 7.32. The zero-order chi connectivity index (χ0) is 13.7. The topological polar surface area (TPSA) is 12.0 Å². The summed E-state index contributed by atoms with van der Waals surface area (Å²) in [5.74, 6) is 0.848. The second-order valence-electron chi connectivity index (χ2n) is 5.59. The van der Waals surface area contributed by atoms with E-state index in [9.17, 15) is 0 Å². The molecule has 1 aromatic carbocycles. The molecular weight excluding hydrogens is 250 g/mol. The van der Waals surface area contributed by atoms with Crippen LogP contribution in [0.1, 0.15) is 50.8 Å². The normalized spacial score (nSPS) is 27.4. The third-order valence-electron chi connectivity index (χ3n) is 4.01. The van der Waals surface area contributed by atoms with Gasteiger partial charge in [-0.25, -0.2) is 0 Å². The molecule has 1 aliphatic carbocycles. The molecule has 1 nitrogen and oxygen atoms in total. The van der Waals surface area contributed by atoms with E-state index in [2.05, 4.69) is 61.9 Å². The molecule has 0 spiro atoms. The minimum atomic E-state index is 0.499. The van der Waals surface area contributed by atoms with Crippen LogP contribution in [0.3, 0.4) is 0 Å². The van der Waals surface area contributed by atoms with Crippen LogP contribution in [-0.2, 0) is 0 Å². The summed E-state index contributed by atoms with van der Waals surface area (Å²) in [7, 11) is 0. The zero-order valence-electron chi connectivity index (χ0n) is 12.2. The number of hydrogen-bond donors (Lipinski definition) is 1. The molecule has 19 heavy (non-hydrogen) atoms. The second kappa shape index (κ2) is 7.16. The quantitative estimate of drug-likeness (QED) is 0.604. The van der Waals surface area contributed by atoms with Crippen LogP contribution in [0.2, 0.25) is 0 Å². The average Bonchev–Trinajstić information content (AvgIpc) is 2.46. The highest BCUT2D eigenvalue weighted by molar-refractivity contribution is 7.97. The first kappa shape index (κ1) is 14.7. The molecule has 0 amide bonds. The smallest absolute Gasteiger partial charge is 0.0414 e. The van der Waals surface area contributed by atoms with E-state index in [0.29, 0.717) is 11.3 Å². The Balaban J connectivity index is 1.88. The summed E-state index contributed by atoms with van der Waals surface area (Å²) in [6.45, 7) is 6.81. The van der Waals surface area contributed by atoms with E-state index < -0.39 is 0 Å². The van der Waals surface area contributed by atoms with Crippen molar-refractivity contribution < 1.29 is 0 Å². The van der Waals surface area contributed by atoms with Crippen molar-refractivity contribution >= 4 is 11.9 Å². The molecule has 3 atom stereocenters. The van der Waals surface area contributed by atoms with Crippen molar-refractivity contribution in [3.05, 3.63) is 47.5 Å². The molecule has 1 fully saturated rings. The summed E-state index contributed by atoms with van der Waals surface area (Å²) in [4.78, 5) is 0. The average molecular weight is 275 g/mol. The molecule has 1 aliphatic rings. The lowest BCUT2D eigenvalue weighted by atomic mass is 9.83. The van der Waals surface area contributed by atoms with Gasteiger partial charge in [0.05, 0.1) is 0 Å². The molecule has 0 saturated heterocycles. The lowest BCUT2D eigenvalue weighted by Gasteiger charge is -2.30. The molecule has 2 rings (SSSR count). The van der Waals surface area contributed by atoms with Gasteiger partial charge in [-0.05, 0) is 44.6 Å². The number of nitrogens with one attached hydrogen (secondary N) is 1. The standard InChI is InChI=1S/C17H25NS/c1-4-15-12-13(2)10-11-17(15)18-19-14(3)16-8-6-5-7-9-16/h4-9,13-14,17-18H,10-12H2,1-3H3/b15-4+. The Morgan fingerprint density at radius 1 is 1.26 bits per heavy atom. The summed E-state index contributed by atoms with van der Waals surface area (Å²) in [5, 5.41) is 0.499. The summed E-state index contributed by atoms with van der Waals surface area (Å²) < 4.78 is 3.69. The van der Waals surface area contributed by atoms with Gasteiger partial charge in [0.15, 0.2) is 0 Å². The van der Waals surface area contributed by atoms with Gasteiger partial charge in [-0.15, -0.1) is 0 Å². The Kier molecular flexibility index (Phi) is 5.53. The van der Waals surface area contributed by atoms with Crippen LogP contribution >= 0.6 is 11.9 Å². The van der Waals surface area contributed by atoms with Gasteiger partial charge < -0.3 is 0 Å². The van der Waals surface area contributed by atoms with Gasteiger partial charge in [0, 0.05) is 11.3 Å². The van der Waals surface area contributed by atoms with Gasteiger partial charge in [0.25, 0.3) is 0 Å². The fourth-order valence-corrected chi connectivity index (χ4v) is 3.64. The van der Waals surface area contributed by atoms with Crippen molar-refractivity contribution in [2.45, 2.75) is 51.3 Å². The molecule has 0 radical (unpaired) electrons. The Morgan fingerprint density at radius 3 is 2.68 bits per heavy atom. The lowest BCUT2D eigenvalue weighted by Crippen LogP contribution is -2.31. The van der Waals surface area contributed by atoms with Crippen LogP contribution < -0.4 is 4.72 Å². The Labute approximate surface area is 122 Å². The van der Waals surface area contributed by atoms with Crippen molar-refractivity contribution in [2.24, 2.45) is 5.92 Å². The number of allylic oxidation sites excluding steroid dienone is 1. The fourth-order valence-electron chi connectivity index (χ4n) is 2.71. The van der Waals surface area contributed by atoms with Gasteiger partial charge >= 0.3 is 0 Å². The maximum absolute atomic E-state index is 3.69. The molecule has 0 bridgehead atoms. The summed E-state index contributed by atoms with van der Waals surface area (Å²) >= 11 is 1.87. The number of hydrogen-bond acceptors (Lipinski definition) is 2. The maximum atomic E-state index is 3.69. The van der Waals surface area contributed by atoms with E-state index >= 15 is 0 Å². The lowest BCUT2D eigenvalue weighted by molar-refractivity contribution is 0.409.